The van der Waals surface area contributed by atoms with Crippen LogP contribution in [0.4, 0.5) is 8.78 Å². The highest BCUT2D eigenvalue weighted by Gasteiger charge is 2.21. The van der Waals surface area contributed by atoms with Crippen molar-refractivity contribution in [2.45, 2.75) is 6.04 Å². The molecule has 0 bridgehead atoms. The number of hydrogen-bond donors (Lipinski definition) is 1. The van der Waals surface area contributed by atoms with E-state index in [9.17, 15) is 8.78 Å². The third kappa shape index (κ3) is 2.56. The van der Waals surface area contributed by atoms with Gasteiger partial charge in [-0.2, -0.15) is 0 Å². The van der Waals surface area contributed by atoms with Crippen LogP contribution in [0, 0.1) is 11.6 Å². The molecule has 19 heavy (non-hydrogen) atoms. The molecule has 0 saturated carbocycles. The van der Waals surface area contributed by atoms with E-state index in [0.717, 1.165) is 6.20 Å². The Morgan fingerprint density at radius 2 is 2.00 bits per heavy atom. The van der Waals surface area contributed by atoms with Gasteiger partial charge in [0.1, 0.15) is 5.82 Å². The molecule has 0 aliphatic rings. The second kappa shape index (κ2) is 5.75. The first-order valence-corrected chi connectivity index (χ1v) is 5.78. The lowest BCUT2D eigenvalue weighted by molar-refractivity contribution is 0.382. The predicted octanol–water partition coefficient (Wildman–Crippen LogP) is 2.68. The molecule has 0 saturated heterocycles. The van der Waals surface area contributed by atoms with Crippen molar-refractivity contribution in [3.05, 3.63) is 59.4 Å². The first-order valence-electron chi connectivity index (χ1n) is 5.78. The molecule has 0 aliphatic carbocycles. The molecule has 1 N–H and O–H groups in total. The second-order valence-corrected chi connectivity index (χ2v) is 3.98. The van der Waals surface area contributed by atoms with Crippen LogP contribution in [0.1, 0.15) is 17.2 Å². The number of rotatable bonds is 4. The summed E-state index contributed by atoms with van der Waals surface area (Å²) in [6.07, 6.45) is 2.58. The molecule has 1 unspecified atom stereocenters. The summed E-state index contributed by atoms with van der Waals surface area (Å²) < 4.78 is 32.9. The van der Waals surface area contributed by atoms with Gasteiger partial charge in [-0.05, 0) is 19.2 Å². The van der Waals surface area contributed by atoms with E-state index in [0.29, 0.717) is 11.1 Å². The largest absolute Gasteiger partial charge is 0.494 e. The topological polar surface area (TPSA) is 34.2 Å². The third-order valence-electron chi connectivity index (χ3n) is 2.93. The highest BCUT2D eigenvalue weighted by molar-refractivity contribution is 5.38. The van der Waals surface area contributed by atoms with Gasteiger partial charge in [-0.3, -0.25) is 4.98 Å². The Kier molecular flexibility index (Phi) is 4.06. The van der Waals surface area contributed by atoms with E-state index in [-0.39, 0.29) is 5.75 Å². The summed E-state index contributed by atoms with van der Waals surface area (Å²) in [5.41, 5.74) is 0.664. The number of ether oxygens (including phenoxy) is 1. The Balaban J connectivity index is 2.52. The summed E-state index contributed by atoms with van der Waals surface area (Å²) in [5.74, 6) is -0.850. The van der Waals surface area contributed by atoms with Crippen molar-refractivity contribution >= 4 is 0 Å². The molecule has 2 rings (SSSR count). The van der Waals surface area contributed by atoms with Gasteiger partial charge in [0.2, 0.25) is 0 Å². The average molecular weight is 264 g/mol. The highest BCUT2D eigenvalue weighted by Crippen LogP contribution is 2.29. The molecule has 0 spiro atoms. The van der Waals surface area contributed by atoms with Crippen LogP contribution in [-0.2, 0) is 0 Å². The van der Waals surface area contributed by atoms with E-state index < -0.39 is 17.7 Å². The Labute approximate surface area is 110 Å². The maximum Gasteiger partial charge on any atom is 0.170 e. The smallest absolute Gasteiger partial charge is 0.170 e. The first-order chi connectivity index (χ1) is 9.19. The zero-order valence-electron chi connectivity index (χ0n) is 10.7. The van der Waals surface area contributed by atoms with E-state index in [4.69, 9.17) is 4.74 Å². The third-order valence-corrected chi connectivity index (χ3v) is 2.93. The highest BCUT2D eigenvalue weighted by atomic mass is 19.1. The average Bonchev–Trinajstić information content (AvgIpc) is 2.43. The summed E-state index contributed by atoms with van der Waals surface area (Å²) in [7, 11) is 3.03. The number of aromatic nitrogens is 1. The molecular formula is C14H14F2N2O. The van der Waals surface area contributed by atoms with Crippen LogP contribution in [0.15, 0.2) is 36.7 Å². The molecule has 0 fully saturated rings. The number of methoxy groups -OCH3 is 1. The maximum absolute atomic E-state index is 14.2. The number of halogens is 2. The van der Waals surface area contributed by atoms with Crippen LogP contribution >= 0.6 is 0 Å². The van der Waals surface area contributed by atoms with Crippen LogP contribution in [0.5, 0.6) is 5.75 Å². The number of pyridine rings is 1. The first kappa shape index (κ1) is 13.4. The summed E-state index contributed by atoms with van der Waals surface area (Å²) in [4.78, 5) is 3.69. The Hall–Kier alpha value is -2.01. The normalized spacial score (nSPS) is 12.2. The van der Waals surface area contributed by atoms with Gasteiger partial charge < -0.3 is 10.1 Å². The molecular weight excluding hydrogens is 250 g/mol. The Morgan fingerprint density at radius 3 is 2.63 bits per heavy atom. The Morgan fingerprint density at radius 1 is 1.21 bits per heavy atom. The zero-order valence-corrected chi connectivity index (χ0v) is 10.7. The standard InChI is InChI=1S/C14H14F2N2O/c1-17-14(9-6-7-18-8-11(9)15)10-4-3-5-12(19-2)13(10)16/h3-8,14,17H,1-2H3. The minimum absolute atomic E-state index is 0.132. The van der Waals surface area contributed by atoms with Crippen molar-refractivity contribution in [3.8, 4) is 5.75 Å². The molecule has 0 radical (unpaired) electrons. The van der Waals surface area contributed by atoms with Gasteiger partial charge in [0.25, 0.3) is 0 Å². The van der Waals surface area contributed by atoms with Gasteiger partial charge in [-0.1, -0.05) is 12.1 Å². The minimum Gasteiger partial charge on any atom is -0.494 e. The number of hydrogen-bond acceptors (Lipinski definition) is 3. The van der Waals surface area contributed by atoms with Crippen molar-refractivity contribution < 1.29 is 13.5 Å². The number of nitrogens with one attached hydrogen (secondary N) is 1. The quantitative estimate of drug-likeness (QED) is 0.922. The molecule has 100 valence electrons. The van der Waals surface area contributed by atoms with Crippen LogP contribution in [0.25, 0.3) is 0 Å². The fraction of sp³-hybridized carbons (Fsp3) is 0.214. The van der Waals surface area contributed by atoms with Gasteiger partial charge in [0.05, 0.1) is 19.3 Å². The van der Waals surface area contributed by atoms with E-state index in [1.165, 1.54) is 25.4 Å². The zero-order chi connectivity index (χ0) is 13.8. The lowest BCUT2D eigenvalue weighted by Crippen LogP contribution is -2.20. The molecule has 1 heterocycles. The van der Waals surface area contributed by atoms with E-state index in [1.54, 1.807) is 19.2 Å². The van der Waals surface area contributed by atoms with Crippen molar-refractivity contribution in [2.75, 3.05) is 14.2 Å². The molecule has 1 aromatic heterocycles. The van der Waals surface area contributed by atoms with Gasteiger partial charge in [0.15, 0.2) is 11.6 Å². The lowest BCUT2D eigenvalue weighted by Gasteiger charge is -2.19. The molecule has 2 aromatic rings. The van der Waals surface area contributed by atoms with Gasteiger partial charge in [-0.25, -0.2) is 8.78 Å². The molecule has 5 heteroatoms. The number of nitrogens with zero attached hydrogens (tertiary/aromatic N) is 1. The second-order valence-electron chi connectivity index (χ2n) is 3.98. The predicted molar refractivity (Wildman–Crippen MR) is 68.0 cm³/mol. The van der Waals surface area contributed by atoms with E-state index in [2.05, 4.69) is 10.3 Å². The molecule has 1 aromatic carbocycles. The fourth-order valence-electron chi connectivity index (χ4n) is 2.01. The van der Waals surface area contributed by atoms with Crippen LogP contribution < -0.4 is 10.1 Å². The SMILES string of the molecule is CNC(c1ccncc1F)c1cccc(OC)c1F. The number of benzene rings is 1. The van der Waals surface area contributed by atoms with Gasteiger partial charge >= 0.3 is 0 Å². The molecule has 0 aliphatic heterocycles. The van der Waals surface area contributed by atoms with Crippen LogP contribution in [0.3, 0.4) is 0 Å². The summed E-state index contributed by atoms with van der Waals surface area (Å²) >= 11 is 0. The van der Waals surface area contributed by atoms with Gasteiger partial charge in [0, 0.05) is 17.3 Å². The lowest BCUT2D eigenvalue weighted by atomic mass is 9.98. The van der Waals surface area contributed by atoms with E-state index >= 15 is 0 Å². The monoisotopic (exact) mass is 264 g/mol. The van der Waals surface area contributed by atoms with Crippen LogP contribution in [0.2, 0.25) is 0 Å². The molecule has 1 atom stereocenters. The Bertz CT molecular complexity index is 575. The summed E-state index contributed by atoms with van der Waals surface area (Å²) in [6, 6.07) is 5.71. The van der Waals surface area contributed by atoms with Crippen LogP contribution in [-0.4, -0.2) is 19.1 Å². The minimum atomic E-state index is -0.599. The summed E-state index contributed by atoms with van der Waals surface area (Å²) in [5, 5.41) is 2.90. The maximum atomic E-state index is 14.2. The van der Waals surface area contributed by atoms with Crippen molar-refractivity contribution in [2.24, 2.45) is 0 Å². The van der Waals surface area contributed by atoms with E-state index in [1.807, 2.05) is 0 Å². The summed E-state index contributed by atoms with van der Waals surface area (Å²) in [6.45, 7) is 0. The molecule has 0 amide bonds. The van der Waals surface area contributed by atoms with Crippen molar-refractivity contribution in [1.29, 1.82) is 0 Å². The van der Waals surface area contributed by atoms with Crippen molar-refractivity contribution in [3.63, 3.8) is 0 Å². The molecule has 3 nitrogen and oxygen atoms in total. The fourth-order valence-corrected chi connectivity index (χ4v) is 2.01. The van der Waals surface area contributed by atoms with Gasteiger partial charge in [-0.15, -0.1) is 0 Å². The van der Waals surface area contributed by atoms with Crippen molar-refractivity contribution in [1.82, 2.24) is 10.3 Å².